The van der Waals surface area contributed by atoms with Crippen molar-refractivity contribution in [3.05, 3.63) is 59.8 Å². The Morgan fingerprint density at radius 2 is 1.67 bits per heavy atom. The summed E-state index contributed by atoms with van der Waals surface area (Å²) in [6, 6.07) is 15.9. The summed E-state index contributed by atoms with van der Waals surface area (Å²) >= 11 is 0. The average Bonchev–Trinajstić information content (AvgIpc) is 3.18. The summed E-state index contributed by atoms with van der Waals surface area (Å²) in [6.45, 7) is 4.55. The Kier molecular flexibility index (Phi) is 4.79. The fraction of sp³-hybridized carbons (Fsp3) is 0.476. The average molecular weight is 321 g/mol. The number of pyridine rings is 1. The smallest absolute Gasteiger partial charge is 0.128 e. The first kappa shape index (κ1) is 15.6. The number of benzene rings is 1. The first-order valence-corrected chi connectivity index (χ1v) is 9.39. The standard InChI is InChI=1S/C21H27N3/c1-2-8-18(9-3-1)17-24-15-5-4-10-20(24)19-11-12-21(22-16-19)23-13-6-7-14-23/h1-3,8-9,11-12,16,20H,4-7,10,13-15,17H2/t20-/m0/s1. The quantitative estimate of drug-likeness (QED) is 0.831. The van der Waals surface area contributed by atoms with Gasteiger partial charge in [0.05, 0.1) is 0 Å². The van der Waals surface area contributed by atoms with E-state index in [-0.39, 0.29) is 0 Å². The monoisotopic (exact) mass is 321 g/mol. The molecule has 0 saturated carbocycles. The van der Waals surface area contributed by atoms with E-state index in [0.29, 0.717) is 6.04 Å². The van der Waals surface area contributed by atoms with E-state index in [9.17, 15) is 0 Å². The molecular formula is C21H27N3. The van der Waals surface area contributed by atoms with Crippen molar-refractivity contribution in [1.82, 2.24) is 9.88 Å². The van der Waals surface area contributed by atoms with Gasteiger partial charge in [-0.05, 0) is 49.4 Å². The molecule has 4 rings (SSSR count). The van der Waals surface area contributed by atoms with Crippen LogP contribution < -0.4 is 4.90 Å². The van der Waals surface area contributed by atoms with Crippen molar-refractivity contribution < 1.29 is 0 Å². The van der Waals surface area contributed by atoms with E-state index in [1.165, 1.54) is 49.8 Å². The third-order valence-electron chi connectivity index (χ3n) is 5.43. The van der Waals surface area contributed by atoms with E-state index >= 15 is 0 Å². The van der Waals surface area contributed by atoms with Gasteiger partial charge in [-0.1, -0.05) is 42.8 Å². The molecule has 2 saturated heterocycles. The molecule has 0 amide bonds. The summed E-state index contributed by atoms with van der Waals surface area (Å²) in [5, 5.41) is 0. The van der Waals surface area contributed by atoms with Gasteiger partial charge in [-0.2, -0.15) is 0 Å². The van der Waals surface area contributed by atoms with Crippen LogP contribution in [0.3, 0.4) is 0 Å². The second kappa shape index (κ2) is 7.35. The van der Waals surface area contributed by atoms with E-state index in [4.69, 9.17) is 4.98 Å². The van der Waals surface area contributed by atoms with Crippen LogP contribution in [0.5, 0.6) is 0 Å². The lowest BCUT2D eigenvalue weighted by Gasteiger charge is -2.36. The van der Waals surface area contributed by atoms with Crippen molar-refractivity contribution >= 4 is 5.82 Å². The first-order chi connectivity index (χ1) is 11.9. The van der Waals surface area contributed by atoms with Gasteiger partial charge in [0.15, 0.2) is 0 Å². The maximum Gasteiger partial charge on any atom is 0.128 e. The summed E-state index contributed by atoms with van der Waals surface area (Å²) in [5.41, 5.74) is 2.79. The topological polar surface area (TPSA) is 19.4 Å². The minimum absolute atomic E-state index is 0.513. The van der Waals surface area contributed by atoms with Gasteiger partial charge in [0, 0.05) is 31.9 Å². The predicted molar refractivity (Wildman–Crippen MR) is 99.1 cm³/mol. The SMILES string of the molecule is c1ccc(CN2CCCC[C@H]2c2ccc(N3CCCC3)nc2)cc1. The van der Waals surface area contributed by atoms with Gasteiger partial charge in [0.2, 0.25) is 0 Å². The Morgan fingerprint density at radius 3 is 2.42 bits per heavy atom. The lowest BCUT2D eigenvalue weighted by molar-refractivity contribution is 0.140. The van der Waals surface area contributed by atoms with E-state index < -0.39 is 0 Å². The number of rotatable bonds is 4. The minimum Gasteiger partial charge on any atom is -0.357 e. The molecule has 1 aromatic heterocycles. The maximum atomic E-state index is 4.78. The molecular weight excluding hydrogens is 294 g/mol. The van der Waals surface area contributed by atoms with Crippen molar-refractivity contribution in [3.63, 3.8) is 0 Å². The first-order valence-electron chi connectivity index (χ1n) is 9.39. The van der Waals surface area contributed by atoms with Crippen LogP contribution in [0.25, 0.3) is 0 Å². The molecule has 126 valence electrons. The summed E-state index contributed by atoms with van der Waals surface area (Å²) in [7, 11) is 0. The van der Waals surface area contributed by atoms with E-state index in [0.717, 1.165) is 25.5 Å². The zero-order valence-corrected chi connectivity index (χ0v) is 14.4. The Morgan fingerprint density at radius 1 is 0.875 bits per heavy atom. The molecule has 3 nitrogen and oxygen atoms in total. The fourth-order valence-corrected chi connectivity index (χ4v) is 4.10. The van der Waals surface area contributed by atoms with Crippen LogP contribution in [0, 0.1) is 0 Å². The molecule has 0 bridgehead atoms. The van der Waals surface area contributed by atoms with Crippen LogP contribution >= 0.6 is 0 Å². The Hall–Kier alpha value is -1.87. The van der Waals surface area contributed by atoms with Gasteiger partial charge in [0.25, 0.3) is 0 Å². The van der Waals surface area contributed by atoms with Gasteiger partial charge >= 0.3 is 0 Å². The molecule has 3 heteroatoms. The molecule has 0 radical (unpaired) electrons. The molecule has 0 unspecified atom stereocenters. The molecule has 1 aromatic carbocycles. The molecule has 2 fully saturated rings. The normalized spacial score (nSPS) is 22.0. The number of hydrogen-bond donors (Lipinski definition) is 0. The second-order valence-electron chi connectivity index (χ2n) is 7.11. The summed E-state index contributed by atoms with van der Waals surface area (Å²) < 4.78 is 0. The molecule has 2 aromatic rings. The third kappa shape index (κ3) is 3.46. The highest BCUT2D eigenvalue weighted by atomic mass is 15.2. The lowest BCUT2D eigenvalue weighted by atomic mass is 9.95. The molecule has 0 N–H and O–H groups in total. The van der Waals surface area contributed by atoms with E-state index in [1.807, 2.05) is 0 Å². The minimum atomic E-state index is 0.513. The third-order valence-corrected chi connectivity index (χ3v) is 5.43. The number of hydrogen-bond acceptors (Lipinski definition) is 3. The van der Waals surface area contributed by atoms with Gasteiger partial charge < -0.3 is 4.90 Å². The Labute approximate surface area is 145 Å². The second-order valence-corrected chi connectivity index (χ2v) is 7.11. The maximum absolute atomic E-state index is 4.78. The van der Waals surface area contributed by atoms with Gasteiger partial charge in [-0.15, -0.1) is 0 Å². The van der Waals surface area contributed by atoms with Gasteiger partial charge in [0.1, 0.15) is 5.82 Å². The molecule has 2 aliphatic rings. The van der Waals surface area contributed by atoms with Crippen LogP contribution in [-0.4, -0.2) is 29.5 Å². The highest BCUT2D eigenvalue weighted by Crippen LogP contribution is 2.32. The van der Waals surface area contributed by atoms with Crippen molar-refractivity contribution in [2.75, 3.05) is 24.5 Å². The van der Waals surface area contributed by atoms with Crippen LogP contribution in [0.1, 0.15) is 49.3 Å². The van der Waals surface area contributed by atoms with E-state index in [2.05, 4.69) is 58.5 Å². The number of aromatic nitrogens is 1. The zero-order valence-electron chi connectivity index (χ0n) is 14.4. The van der Waals surface area contributed by atoms with Crippen LogP contribution in [0.4, 0.5) is 5.82 Å². The largest absolute Gasteiger partial charge is 0.357 e. The lowest BCUT2D eigenvalue weighted by Crippen LogP contribution is -2.33. The summed E-state index contributed by atoms with van der Waals surface area (Å²) in [6.07, 6.45) is 8.61. The highest BCUT2D eigenvalue weighted by Gasteiger charge is 2.24. The molecule has 3 heterocycles. The van der Waals surface area contributed by atoms with Crippen molar-refractivity contribution in [2.24, 2.45) is 0 Å². The van der Waals surface area contributed by atoms with Crippen LogP contribution in [0.15, 0.2) is 48.7 Å². The van der Waals surface area contributed by atoms with Gasteiger partial charge in [-0.25, -0.2) is 4.98 Å². The summed E-state index contributed by atoms with van der Waals surface area (Å²) in [5.74, 6) is 1.15. The van der Waals surface area contributed by atoms with Gasteiger partial charge in [-0.3, -0.25) is 4.90 Å². The molecule has 1 atom stereocenters. The zero-order chi connectivity index (χ0) is 16.2. The Bertz CT molecular complexity index is 632. The van der Waals surface area contributed by atoms with Crippen molar-refractivity contribution in [3.8, 4) is 0 Å². The number of nitrogens with zero attached hydrogens (tertiary/aromatic N) is 3. The van der Waals surface area contributed by atoms with Crippen LogP contribution in [-0.2, 0) is 6.54 Å². The number of likely N-dealkylation sites (tertiary alicyclic amines) is 1. The van der Waals surface area contributed by atoms with E-state index in [1.54, 1.807) is 0 Å². The molecule has 2 aliphatic heterocycles. The number of piperidine rings is 1. The van der Waals surface area contributed by atoms with Crippen molar-refractivity contribution in [2.45, 2.75) is 44.7 Å². The number of anilines is 1. The molecule has 24 heavy (non-hydrogen) atoms. The Balaban J connectivity index is 1.49. The van der Waals surface area contributed by atoms with Crippen molar-refractivity contribution in [1.29, 1.82) is 0 Å². The molecule has 0 aliphatic carbocycles. The molecule has 0 spiro atoms. The summed E-state index contributed by atoms with van der Waals surface area (Å²) in [4.78, 5) is 9.82. The highest BCUT2D eigenvalue weighted by molar-refractivity contribution is 5.40. The van der Waals surface area contributed by atoms with Crippen LogP contribution in [0.2, 0.25) is 0 Å². The fourth-order valence-electron chi connectivity index (χ4n) is 4.10. The predicted octanol–water partition coefficient (Wildman–Crippen LogP) is 4.41.